The van der Waals surface area contributed by atoms with Gasteiger partial charge in [-0.2, -0.15) is 0 Å². The summed E-state index contributed by atoms with van der Waals surface area (Å²) < 4.78 is 23.2. The Morgan fingerprint density at radius 1 is 0.885 bits per heavy atom. The van der Waals surface area contributed by atoms with Gasteiger partial charge in [0.2, 0.25) is 0 Å². The molecule has 6 nitrogen and oxygen atoms in total. The minimum atomic E-state index is -0.212. The summed E-state index contributed by atoms with van der Waals surface area (Å²) in [5, 5.41) is 10.9. The van der Waals surface area contributed by atoms with Crippen LogP contribution in [0.15, 0.2) is 0 Å². The summed E-state index contributed by atoms with van der Waals surface area (Å²) >= 11 is 0. The molecule has 26 heavy (non-hydrogen) atoms. The number of fused-ring (bicyclic) bond motifs is 5. The molecular formula is C20H34NO5+. The number of methoxy groups -OCH3 is 2. The third kappa shape index (κ3) is 2.76. The first kappa shape index (κ1) is 17.8. The maximum atomic E-state index is 10.9. The number of rotatable bonds is 2. The maximum absolute atomic E-state index is 10.9. The molecule has 3 aliphatic heterocycles. The van der Waals surface area contributed by atoms with E-state index in [9.17, 15) is 5.11 Å². The molecule has 3 heterocycles. The van der Waals surface area contributed by atoms with Crippen LogP contribution in [-0.2, 0) is 18.9 Å². The fraction of sp³-hybridized carbons (Fsp3) is 1.00. The van der Waals surface area contributed by atoms with Crippen LogP contribution in [0.3, 0.4) is 0 Å². The van der Waals surface area contributed by atoms with Gasteiger partial charge in [0.05, 0.1) is 37.0 Å². The number of aliphatic hydroxyl groups is 1. The van der Waals surface area contributed by atoms with Gasteiger partial charge in [0.1, 0.15) is 19.4 Å². The van der Waals surface area contributed by atoms with Gasteiger partial charge in [-0.3, -0.25) is 0 Å². The van der Waals surface area contributed by atoms with E-state index in [0.29, 0.717) is 30.6 Å². The predicted molar refractivity (Wildman–Crippen MR) is 93.7 cm³/mol. The van der Waals surface area contributed by atoms with Crippen molar-refractivity contribution in [1.82, 2.24) is 0 Å². The molecule has 2 saturated carbocycles. The van der Waals surface area contributed by atoms with E-state index in [1.807, 2.05) is 14.2 Å². The average molecular weight is 368 g/mol. The van der Waals surface area contributed by atoms with E-state index in [-0.39, 0.29) is 30.5 Å². The molecule has 0 bridgehead atoms. The third-order valence-corrected chi connectivity index (χ3v) is 8.39. The van der Waals surface area contributed by atoms with Crippen LogP contribution in [0.25, 0.3) is 0 Å². The number of quaternary nitrogens is 1. The molecule has 0 amide bonds. The number of aliphatic hydroxyl groups excluding tert-OH is 1. The van der Waals surface area contributed by atoms with Crippen LogP contribution in [-0.4, -0.2) is 75.8 Å². The van der Waals surface area contributed by atoms with Crippen LogP contribution in [0.2, 0.25) is 0 Å². The number of nitrogens with one attached hydrogen (secondary N) is 1. The van der Waals surface area contributed by atoms with Gasteiger partial charge in [-0.15, -0.1) is 0 Å². The molecule has 11 atom stereocenters. The molecule has 2 N–H and O–H groups in total. The van der Waals surface area contributed by atoms with Gasteiger partial charge >= 0.3 is 0 Å². The van der Waals surface area contributed by atoms with Crippen molar-refractivity contribution < 1.29 is 29.0 Å². The quantitative estimate of drug-likeness (QED) is 0.709. The largest absolute Gasteiger partial charge is 0.387 e. The monoisotopic (exact) mass is 368 g/mol. The minimum absolute atomic E-state index is 0.198. The first-order chi connectivity index (χ1) is 12.7. The topological polar surface area (TPSA) is 61.6 Å². The normalized spacial score (nSPS) is 56.2. The Labute approximate surface area is 156 Å². The Hall–Kier alpha value is -0.240. The van der Waals surface area contributed by atoms with Gasteiger partial charge in [-0.05, 0) is 31.6 Å². The fourth-order valence-electron chi connectivity index (χ4n) is 7.19. The van der Waals surface area contributed by atoms with Crippen LogP contribution >= 0.6 is 0 Å². The number of piperidine rings is 2. The van der Waals surface area contributed by atoms with Crippen molar-refractivity contribution in [3.8, 4) is 0 Å². The molecule has 5 aliphatic rings. The van der Waals surface area contributed by atoms with Gasteiger partial charge in [0.15, 0.2) is 0 Å². The second-order valence-corrected chi connectivity index (χ2v) is 9.28. The number of ether oxygens (including phenoxy) is 4. The summed E-state index contributed by atoms with van der Waals surface area (Å²) in [6, 6.07) is 0.659. The summed E-state index contributed by atoms with van der Waals surface area (Å²) in [6.07, 6.45) is 6.32. The molecule has 0 aromatic carbocycles. The van der Waals surface area contributed by atoms with Crippen molar-refractivity contribution in [2.45, 2.75) is 68.7 Å². The standard InChI is InChI=1S/C20H33NO5/c1-23-17-4-3-11-5-15-12-6-18-19(26-10-25-18)7-13(12)16(22)9-21(15)8-14(11)20(17)24-2/h11-20,22H,3-10H2,1-2H3/p+1. The molecule has 6 heteroatoms. The summed E-state index contributed by atoms with van der Waals surface area (Å²) in [5.41, 5.74) is 0. The van der Waals surface area contributed by atoms with E-state index in [0.717, 1.165) is 38.3 Å². The molecule has 148 valence electrons. The molecule has 0 radical (unpaired) electrons. The lowest BCUT2D eigenvalue weighted by molar-refractivity contribution is -0.951. The predicted octanol–water partition coefficient (Wildman–Crippen LogP) is -0.158. The van der Waals surface area contributed by atoms with Crippen LogP contribution < -0.4 is 4.90 Å². The van der Waals surface area contributed by atoms with Crippen molar-refractivity contribution in [2.75, 3.05) is 34.1 Å². The van der Waals surface area contributed by atoms with E-state index in [1.165, 1.54) is 12.8 Å². The highest BCUT2D eigenvalue weighted by Gasteiger charge is 2.57. The smallest absolute Gasteiger partial charge is 0.147 e. The second kappa shape index (κ2) is 6.98. The summed E-state index contributed by atoms with van der Waals surface area (Å²) in [5.74, 6) is 2.24. The zero-order valence-electron chi connectivity index (χ0n) is 16.0. The Morgan fingerprint density at radius 2 is 1.65 bits per heavy atom. The highest BCUT2D eigenvalue weighted by atomic mass is 16.7. The molecule has 2 aliphatic carbocycles. The molecule has 0 spiro atoms. The molecule has 3 saturated heterocycles. The Bertz CT molecular complexity index is 518. The SMILES string of the molecule is COC1CCC2CC3C4CC5OCOC5CC4C(O)C[NH+]3CC2C1OC. The molecule has 5 fully saturated rings. The van der Waals surface area contributed by atoms with Crippen molar-refractivity contribution in [3.63, 3.8) is 0 Å². The summed E-state index contributed by atoms with van der Waals surface area (Å²) in [4.78, 5) is 1.59. The van der Waals surface area contributed by atoms with E-state index < -0.39 is 0 Å². The van der Waals surface area contributed by atoms with E-state index in [2.05, 4.69) is 0 Å². The van der Waals surface area contributed by atoms with E-state index in [4.69, 9.17) is 18.9 Å². The molecule has 11 unspecified atom stereocenters. The van der Waals surface area contributed by atoms with Crippen LogP contribution in [0.4, 0.5) is 0 Å². The minimum Gasteiger partial charge on any atom is -0.387 e. The number of hydrogen-bond donors (Lipinski definition) is 2. The molecule has 0 aromatic rings. The summed E-state index contributed by atoms with van der Waals surface area (Å²) in [7, 11) is 3.65. The Balaban J connectivity index is 1.36. The number of hydrogen-bond acceptors (Lipinski definition) is 5. The lowest BCUT2D eigenvalue weighted by Gasteiger charge is -2.55. The van der Waals surface area contributed by atoms with Gasteiger partial charge in [0, 0.05) is 38.4 Å². The van der Waals surface area contributed by atoms with Gasteiger partial charge in [-0.25, -0.2) is 0 Å². The van der Waals surface area contributed by atoms with E-state index in [1.54, 1.807) is 4.90 Å². The van der Waals surface area contributed by atoms with Crippen LogP contribution in [0.1, 0.15) is 32.1 Å². The Kier molecular flexibility index (Phi) is 4.78. The summed E-state index contributed by atoms with van der Waals surface area (Å²) in [6.45, 7) is 2.42. The zero-order valence-corrected chi connectivity index (χ0v) is 16.0. The zero-order chi connectivity index (χ0) is 17.8. The average Bonchev–Trinajstić information content (AvgIpc) is 3.12. The van der Waals surface area contributed by atoms with Crippen molar-refractivity contribution in [3.05, 3.63) is 0 Å². The highest BCUT2D eigenvalue weighted by molar-refractivity contribution is 5.00. The molecular weight excluding hydrogens is 334 g/mol. The van der Waals surface area contributed by atoms with Gasteiger partial charge < -0.3 is 29.0 Å². The van der Waals surface area contributed by atoms with Crippen molar-refractivity contribution in [1.29, 1.82) is 0 Å². The van der Waals surface area contributed by atoms with Crippen LogP contribution in [0.5, 0.6) is 0 Å². The second-order valence-electron chi connectivity index (χ2n) is 9.28. The molecule has 0 aromatic heterocycles. The third-order valence-electron chi connectivity index (χ3n) is 8.39. The van der Waals surface area contributed by atoms with Crippen molar-refractivity contribution in [2.24, 2.45) is 23.7 Å². The van der Waals surface area contributed by atoms with E-state index >= 15 is 0 Å². The van der Waals surface area contributed by atoms with Crippen molar-refractivity contribution >= 4 is 0 Å². The molecule has 5 rings (SSSR count). The maximum Gasteiger partial charge on any atom is 0.147 e. The van der Waals surface area contributed by atoms with Gasteiger partial charge in [0.25, 0.3) is 0 Å². The van der Waals surface area contributed by atoms with Crippen LogP contribution in [0, 0.1) is 23.7 Å². The highest BCUT2D eigenvalue weighted by Crippen LogP contribution is 2.45. The lowest BCUT2D eigenvalue weighted by Crippen LogP contribution is -3.21. The lowest BCUT2D eigenvalue weighted by atomic mass is 9.61. The first-order valence-electron chi connectivity index (χ1n) is 10.5. The van der Waals surface area contributed by atoms with Gasteiger partial charge in [-0.1, -0.05) is 0 Å². The first-order valence-corrected chi connectivity index (χ1v) is 10.5. The Morgan fingerprint density at radius 3 is 2.38 bits per heavy atom. The fourth-order valence-corrected chi connectivity index (χ4v) is 7.19.